The molecule has 0 aliphatic carbocycles. The maximum Gasteiger partial charge on any atom is 0.0340 e. The number of aryl methyl sites for hydroxylation is 1. The fraction of sp³-hybridized carbons (Fsp3) is 0.294. The maximum atomic E-state index is 3.62. The van der Waals surface area contributed by atoms with E-state index in [1.807, 2.05) is 18.2 Å². The minimum absolute atomic E-state index is 0.964. The van der Waals surface area contributed by atoms with Gasteiger partial charge in [-0.3, -0.25) is 0 Å². The topological polar surface area (TPSA) is 12.0 Å². The smallest absolute Gasteiger partial charge is 0.0340 e. The Morgan fingerprint density at radius 2 is 1.89 bits per heavy atom. The van der Waals surface area contributed by atoms with Gasteiger partial charge in [0.2, 0.25) is 0 Å². The summed E-state index contributed by atoms with van der Waals surface area (Å²) >= 11 is 0. The largest absolute Gasteiger partial charge is 0.385 e. The van der Waals surface area contributed by atoms with E-state index in [-0.39, 0.29) is 0 Å². The number of benzene rings is 1. The third-order valence-electron chi connectivity index (χ3n) is 2.63. The Kier molecular flexibility index (Phi) is 7.38. The van der Waals surface area contributed by atoms with E-state index < -0.39 is 0 Å². The number of hydrogen-bond acceptors (Lipinski definition) is 1. The lowest BCUT2D eigenvalue weighted by Crippen LogP contribution is -1.99. The SMILES string of the molecule is C=C/C=C\C=C\CCNc1ccc(CCC)cc1. The van der Waals surface area contributed by atoms with Gasteiger partial charge in [0.05, 0.1) is 0 Å². The highest BCUT2D eigenvalue weighted by molar-refractivity contribution is 5.44. The number of allylic oxidation sites excluding steroid dienone is 4. The molecule has 1 aromatic rings. The number of hydrogen-bond donors (Lipinski definition) is 1. The van der Waals surface area contributed by atoms with Crippen LogP contribution in [0, 0.1) is 0 Å². The molecule has 18 heavy (non-hydrogen) atoms. The van der Waals surface area contributed by atoms with E-state index in [0.29, 0.717) is 0 Å². The van der Waals surface area contributed by atoms with Crippen molar-refractivity contribution in [1.29, 1.82) is 0 Å². The summed E-state index contributed by atoms with van der Waals surface area (Å²) in [4.78, 5) is 0. The Labute approximate surface area is 111 Å². The molecule has 0 aliphatic rings. The van der Waals surface area contributed by atoms with Crippen LogP contribution in [0.15, 0.2) is 61.2 Å². The van der Waals surface area contributed by atoms with E-state index in [4.69, 9.17) is 0 Å². The number of rotatable bonds is 8. The van der Waals surface area contributed by atoms with Gasteiger partial charge in [-0.25, -0.2) is 0 Å². The van der Waals surface area contributed by atoms with Crippen LogP contribution in [0.3, 0.4) is 0 Å². The van der Waals surface area contributed by atoms with E-state index in [0.717, 1.165) is 13.0 Å². The highest BCUT2D eigenvalue weighted by Crippen LogP contribution is 2.10. The van der Waals surface area contributed by atoms with E-state index >= 15 is 0 Å². The van der Waals surface area contributed by atoms with Crippen LogP contribution in [0.2, 0.25) is 0 Å². The van der Waals surface area contributed by atoms with Crippen molar-refractivity contribution in [3.8, 4) is 0 Å². The van der Waals surface area contributed by atoms with Crippen LogP contribution in [-0.4, -0.2) is 6.54 Å². The van der Waals surface area contributed by atoms with E-state index in [2.05, 4.69) is 49.2 Å². The molecule has 0 bridgehead atoms. The van der Waals surface area contributed by atoms with E-state index in [1.54, 1.807) is 6.08 Å². The predicted octanol–water partition coefficient (Wildman–Crippen LogP) is 4.74. The first-order valence-electron chi connectivity index (χ1n) is 6.64. The fourth-order valence-electron chi connectivity index (χ4n) is 1.70. The molecule has 1 nitrogen and oxygen atoms in total. The van der Waals surface area contributed by atoms with Gasteiger partial charge in [0.1, 0.15) is 0 Å². The van der Waals surface area contributed by atoms with Crippen LogP contribution >= 0.6 is 0 Å². The molecule has 0 spiro atoms. The summed E-state index contributed by atoms with van der Waals surface area (Å²) in [6.07, 6.45) is 13.3. The first-order valence-corrected chi connectivity index (χ1v) is 6.64. The first kappa shape index (κ1) is 14.3. The second-order valence-electron chi connectivity index (χ2n) is 4.21. The lowest BCUT2D eigenvalue weighted by Gasteiger charge is -2.05. The molecule has 1 aromatic carbocycles. The highest BCUT2D eigenvalue weighted by Gasteiger charge is 1.92. The minimum atomic E-state index is 0.964. The van der Waals surface area contributed by atoms with Gasteiger partial charge in [-0.1, -0.05) is 62.4 Å². The summed E-state index contributed by atoms with van der Waals surface area (Å²) in [6, 6.07) is 8.72. The van der Waals surface area contributed by atoms with Gasteiger partial charge in [0.25, 0.3) is 0 Å². The average Bonchev–Trinajstić information content (AvgIpc) is 2.40. The quantitative estimate of drug-likeness (QED) is 0.512. The third kappa shape index (κ3) is 6.09. The lowest BCUT2D eigenvalue weighted by molar-refractivity contribution is 0.922. The first-order chi connectivity index (χ1) is 8.86. The van der Waals surface area contributed by atoms with Crippen molar-refractivity contribution in [3.63, 3.8) is 0 Å². The van der Waals surface area contributed by atoms with Gasteiger partial charge in [-0.05, 0) is 30.5 Å². The zero-order chi connectivity index (χ0) is 13.1. The van der Waals surface area contributed by atoms with Crippen LogP contribution in [0.25, 0.3) is 0 Å². The Morgan fingerprint density at radius 1 is 1.11 bits per heavy atom. The summed E-state index contributed by atoms with van der Waals surface area (Å²) < 4.78 is 0. The molecule has 0 saturated carbocycles. The molecular formula is C17H23N. The van der Waals surface area contributed by atoms with Gasteiger partial charge in [-0.15, -0.1) is 0 Å². The number of anilines is 1. The van der Waals surface area contributed by atoms with Gasteiger partial charge in [0.15, 0.2) is 0 Å². The van der Waals surface area contributed by atoms with Crippen molar-refractivity contribution in [2.45, 2.75) is 26.2 Å². The Hall–Kier alpha value is -1.76. The summed E-state index contributed by atoms with van der Waals surface area (Å²) in [5.41, 5.74) is 2.61. The molecular weight excluding hydrogens is 218 g/mol. The van der Waals surface area contributed by atoms with E-state index in [1.165, 1.54) is 24.1 Å². The third-order valence-corrected chi connectivity index (χ3v) is 2.63. The molecule has 1 N–H and O–H groups in total. The van der Waals surface area contributed by atoms with Gasteiger partial charge in [-0.2, -0.15) is 0 Å². The molecule has 1 rings (SSSR count). The van der Waals surface area contributed by atoms with Crippen LogP contribution < -0.4 is 5.32 Å². The zero-order valence-corrected chi connectivity index (χ0v) is 11.2. The molecule has 0 aromatic heterocycles. The predicted molar refractivity (Wildman–Crippen MR) is 82.0 cm³/mol. The molecule has 0 amide bonds. The van der Waals surface area contributed by atoms with Crippen LogP contribution in [0.1, 0.15) is 25.3 Å². The highest BCUT2D eigenvalue weighted by atomic mass is 14.9. The maximum absolute atomic E-state index is 3.62. The molecule has 0 atom stereocenters. The van der Waals surface area contributed by atoms with Crippen molar-refractivity contribution in [2.75, 3.05) is 11.9 Å². The van der Waals surface area contributed by atoms with Crippen molar-refractivity contribution in [1.82, 2.24) is 0 Å². The van der Waals surface area contributed by atoms with Crippen LogP contribution in [0.4, 0.5) is 5.69 Å². The monoisotopic (exact) mass is 241 g/mol. The fourth-order valence-corrected chi connectivity index (χ4v) is 1.70. The molecule has 0 saturated heterocycles. The minimum Gasteiger partial charge on any atom is -0.385 e. The molecule has 0 radical (unpaired) electrons. The van der Waals surface area contributed by atoms with Crippen molar-refractivity contribution >= 4 is 5.69 Å². The van der Waals surface area contributed by atoms with Gasteiger partial charge in [0, 0.05) is 12.2 Å². The molecule has 0 heterocycles. The standard InChI is InChI=1S/C17H23N/c1-3-5-6-7-8-9-15-18-17-13-11-16(10-4-2)12-14-17/h3,5-8,11-14,18H,1,4,9-10,15H2,2H3/b6-5-,8-7+. The molecule has 96 valence electrons. The van der Waals surface area contributed by atoms with Gasteiger partial charge < -0.3 is 5.32 Å². The second-order valence-corrected chi connectivity index (χ2v) is 4.21. The lowest BCUT2D eigenvalue weighted by atomic mass is 10.1. The summed E-state index contributed by atoms with van der Waals surface area (Å²) in [5, 5.41) is 3.41. The van der Waals surface area contributed by atoms with Gasteiger partial charge >= 0.3 is 0 Å². The average molecular weight is 241 g/mol. The Balaban J connectivity index is 2.24. The Bertz CT molecular complexity index is 385. The number of nitrogens with one attached hydrogen (secondary N) is 1. The molecule has 0 unspecified atom stereocenters. The Morgan fingerprint density at radius 3 is 2.56 bits per heavy atom. The van der Waals surface area contributed by atoms with Crippen LogP contribution in [0.5, 0.6) is 0 Å². The zero-order valence-electron chi connectivity index (χ0n) is 11.2. The van der Waals surface area contributed by atoms with Crippen molar-refractivity contribution < 1.29 is 0 Å². The van der Waals surface area contributed by atoms with Crippen LogP contribution in [-0.2, 0) is 6.42 Å². The second kappa shape index (κ2) is 9.29. The van der Waals surface area contributed by atoms with Crippen molar-refractivity contribution in [2.24, 2.45) is 0 Å². The van der Waals surface area contributed by atoms with Crippen molar-refractivity contribution in [3.05, 3.63) is 66.8 Å². The summed E-state index contributed by atoms with van der Waals surface area (Å²) in [5.74, 6) is 0. The molecule has 1 heteroatoms. The summed E-state index contributed by atoms with van der Waals surface area (Å²) in [7, 11) is 0. The van der Waals surface area contributed by atoms with E-state index in [9.17, 15) is 0 Å². The summed E-state index contributed by atoms with van der Waals surface area (Å²) in [6.45, 7) is 6.79. The normalized spacial score (nSPS) is 11.2. The molecule has 0 fully saturated rings. The molecule has 0 aliphatic heterocycles.